The summed E-state index contributed by atoms with van der Waals surface area (Å²) in [7, 11) is 0. The molecule has 0 radical (unpaired) electrons. The van der Waals surface area contributed by atoms with Gasteiger partial charge in [-0.05, 0) is 24.2 Å². The molecule has 0 rings (SSSR count). The fourth-order valence-corrected chi connectivity index (χ4v) is 1.17. The lowest BCUT2D eigenvalue weighted by atomic mass is 9.88. The first kappa shape index (κ1) is 12.0. The Labute approximate surface area is 77.2 Å². The summed E-state index contributed by atoms with van der Waals surface area (Å²) in [4.78, 5) is 0. The van der Waals surface area contributed by atoms with Crippen molar-refractivity contribution in [2.24, 2.45) is 11.3 Å². The number of aliphatic hydroxyl groups is 1. The van der Waals surface area contributed by atoms with Crippen molar-refractivity contribution in [3.8, 4) is 0 Å². The summed E-state index contributed by atoms with van der Waals surface area (Å²) in [5.74, 6) is 0.407. The highest BCUT2D eigenvalue weighted by Crippen LogP contribution is 2.22. The number of hydrogen-bond acceptors (Lipinski definition) is 1. The maximum Gasteiger partial charge on any atom is 0.0563 e. The summed E-state index contributed by atoms with van der Waals surface area (Å²) in [6.07, 6.45) is 3.20. The molecule has 0 aliphatic heterocycles. The summed E-state index contributed by atoms with van der Waals surface area (Å²) in [6.45, 7) is 10.9. The van der Waals surface area contributed by atoms with Gasteiger partial charge in [0.2, 0.25) is 0 Å². The van der Waals surface area contributed by atoms with E-state index >= 15 is 0 Å². The van der Waals surface area contributed by atoms with Gasteiger partial charge in [-0.15, -0.1) is 0 Å². The second-order valence-electron chi connectivity index (χ2n) is 5.26. The maximum absolute atomic E-state index is 9.52. The standard InChI is InChI=1S/C11H24O/c1-9(2)10(12)7-6-8-11(3,4)5/h9-10,12H,6-8H2,1-5H3. The molecule has 0 bridgehead atoms. The second kappa shape index (κ2) is 4.86. The third-order valence-electron chi connectivity index (χ3n) is 2.20. The van der Waals surface area contributed by atoms with Gasteiger partial charge in [-0.2, -0.15) is 0 Å². The van der Waals surface area contributed by atoms with E-state index in [-0.39, 0.29) is 6.10 Å². The van der Waals surface area contributed by atoms with Gasteiger partial charge in [0.15, 0.2) is 0 Å². The van der Waals surface area contributed by atoms with Crippen LogP contribution in [-0.4, -0.2) is 11.2 Å². The highest BCUT2D eigenvalue weighted by atomic mass is 16.3. The third kappa shape index (κ3) is 6.66. The Morgan fingerprint density at radius 2 is 1.67 bits per heavy atom. The van der Waals surface area contributed by atoms with Crippen molar-refractivity contribution in [3.63, 3.8) is 0 Å². The Morgan fingerprint density at radius 3 is 2.00 bits per heavy atom. The molecule has 0 aromatic rings. The van der Waals surface area contributed by atoms with Gasteiger partial charge in [0.05, 0.1) is 6.10 Å². The molecule has 0 aromatic carbocycles. The molecule has 0 saturated heterocycles. The van der Waals surface area contributed by atoms with Crippen LogP contribution in [0.5, 0.6) is 0 Å². The van der Waals surface area contributed by atoms with E-state index in [1.165, 1.54) is 6.42 Å². The fourth-order valence-electron chi connectivity index (χ4n) is 1.17. The zero-order chi connectivity index (χ0) is 9.78. The summed E-state index contributed by atoms with van der Waals surface area (Å²) in [6, 6.07) is 0. The molecular weight excluding hydrogens is 148 g/mol. The summed E-state index contributed by atoms with van der Waals surface area (Å²) < 4.78 is 0. The van der Waals surface area contributed by atoms with Gasteiger partial charge >= 0.3 is 0 Å². The van der Waals surface area contributed by atoms with Crippen molar-refractivity contribution in [2.75, 3.05) is 0 Å². The molecule has 0 fully saturated rings. The van der Waals surface area contributed by atoms with Crippen LogP contribution in [0.15, 0.2) is 0 Å². The van der Waals surface area contributed by atoms with Crippen LogP contribution in [0, 0.1) is 11.3 Å². The molecule has 0 saturated carbocycles. The largest absolute Gasteiger partial charge is 0.393 e. The molecule has 1 unspecified atom stereocenters. The van der Waals surface area contributed by atoms with Crippen molar-refractivity contribution in [2.45, 2.75) is 60.0 Å². The zero-order valence-electron chi connectivity index (χ0n) is 9.22. The molecule has 0 heterocycles. The Morgan fingerprint density at radius 1 is 1.17 bits per heavy atom. The van der Waals surface area contributed by atoms with E-state index in [1.807, 2.05) is 0 Å². The van der Waals surface area contributed by atoms with E-state index in [0.717, 1.165) is 12.8 Å². The Balaban J connectivity index is 3.44. The molecule has 1 heteroatoms. The Kier molecular flexibility index (Phi) is 4.84. The van der Waals surface area contributed by atoms with Crippen LogP contribution in [-0.2, 0) is 0 Å². The normalized spacial score (nSPS) is 15.2. The van der Waals surface area contributed by atoms with Crippen LogP contribution >= 0.6 is 0 Å². The fraction of sp³-hybridized carbons (Fsp3) is 1.00. The number of aliphatic hydroxyl groups excluding tert-OH is 1. The summed E-state index contributed by atoms with van der Waals surface area (Å²) >= 11 is 0. The van der Waals surface area contributed by atoms with Crippen LogP contribution in [0.25, 0.3) is 0 Å². The van der Waals surface area contributed by atoms with Gasteiger partial charge in [0.1, 0.15) is 0 Å². The molecule has 0 spiro atoms. The molecule has 0 aromatic heterocycles. The minimum absolute atomic E-state index is 0.104. The summed E-state index contributed by atoms with van der Waals surface area (Å²) in [5.41, 5.74) is 0.413. The molecule has 12 heavy (non-hydrogen) atoms. The molecule has 1 nitrogen and oxygen atoms in total. The first-order valence-corrected chi connectivity index (χ1v) is 5.01. The van der Waals surface area contributed by atoms with E-state index in [4.69, 9.17) is 0 Å². The van der Waals surface area contributed by atoms with Crippen LogP contribution in [0.2, 0.25) is 0 Å². The van der Waals surface area contributed by atoms with Crippen molar-refractivity contribution in [1.29, 1.82) is 0 Å². The van der Waals surface area contributed by atoms with Crippen LogP contribution in [0.3, 0.4) is 0 Å². The lowest BCUT2D eigenvalue weighted by Gasteiger charge is -2.20. The predicted octanol–water partition coefficient (Wildman–Crippen LogP) is 3.22. The van der Waals surface area contributed by atoms with Crippen molar-refractivity contribution >= 4 is 0 Å². The Bertz CT molecular complexity index is 111. The first-order chi connectivity index (χ1) is 5.33. The Hall–Kier alpha value is -0.0400. The lowest BCUT2D eigenvalue weighted by Crippen LogP contribution is -2.15. The van der Waals surface area contributed by atoms with Crippen molar-refractivity contribution in [3.05, 3.63) is 0 Å². The first-order valence-electron chi connectivity index (χ1n) is 5.01. The summed E-state index contributed by atoms with van der Waals surface area (Å²) in [5, 5.41) is 9.52. The predicted molar refractivity (Wildman–Crippen MR) is 54.2 cm³/mol. The quantitative estimate of drug-likeness (QED) is 0.690. The van der Waals surface area contributed by atoms with Gasteiger partial charge in [0, 0.05) is 0 Å². The second-order valence-corrected chi connectivity index (χ2v) is 5.26. The molecule has 1 N–H and O–H groups in total. The van der Waals surface area contributed by atoms with Gasteiger partial charge in [-0.3, -0.25) is 0 Å². The topological polar surface area (TPSA) is 20.2 Å². The molecule has 1 atom stereocenters. The minimum atomic E-state index is -0.104. The van der Waals surface area contributed by atoms with Gasteiger partial charge in [0.25, 0.3) is 0 Å². The van der Waals surface area contributed by atoms with E-state index in [0.29, 0.717) is 11.3 Å². The van der Waals surface area contributed by atoms with Crippen LogP contribution in [0.4, 0.5) is 0 Å². The molecule has 74 valence electrons. The molecule has 0 aliphatic rings. The maximum atomic E-state index is 9.52. The molecule has 0 amide bonds. The van der Waals surface area contributed by atoms with Gasteiger partial charge in [-0.1, -0.05) is 41.0 Å². The van der Waals surface area contributed by atoms with Crippen LogP contribution in [0.1, 0.15) is 53.9 Å². The van der Waals surface area contributed by atoms with E-state index in [2.05, 4.69) is 34.6 Å². The monoisotopic (exact) mass is 172 g/mol. The van der Waals surface area contributed by atoms with E-state index in [9.17, 15) is 5.11 Å². The smallest absolute Gasteiger partial charge is 0.0563 e. The third-order valence-corrected chi connectivity index (χ3v) is 2.20. The zero-order valence-corrected chi connectivity index (χ0v) is 9.22. The average molecular weight is 172 g/mol. The number of rotatable bonds is 4. The highest BCUT2D eigenvalue weighted by Gasteiger charge is 2.13. The van der Waals surface area contributed by atoms with Crippen molar-refractivity contribution < 1.29 is 5.11 Å². The van der Waals surface area contributed by atoms with Crippen molar-refractivity contribution in [1.82, 2.24) is 0 Å². The average Bonchev–Trinajstić information content (AvgIpc) is 1.84. The number of hydrogen-bond donors (Lipinski definition) is 1. The highest BCUT2D eigenvalue weighted by molar-refractivity contribution is 4.65. The lowest BCUT2D eigenvalue weighted by molar-refractivity contribution is 0.109. The van der Waals surface area contributed by atoms with Gasteiger partial charge in [-0.25, -0.2) is 0 Å². The van der Waals surface area contributed by atoms with E-state index < -0.39 is 0 Å². The SMILES string of the molecule is CC(C)C(O)CCCC(C)(C)C. The van der Waals surface area contributed by atoms with Gasteiger partial charge < -0.3 is 5.11 Å². The van der Waals surface area contributed by atoms with E-state index in [1.54, 1.807) is 0 Å². The molecular formula is C11H24O. The minimum Gasteiger partial charge on any atom is -0.393 e. The van der Waals surface area contributed by atoms with Crippen LogP contribution < -0.4 is 0 Å². The molecule has 0 aliphatic carbocycles.